The van der Waals surface area contributed by atoms with Crippen LogP contribution in [-0.4, -0.2) is 27.0 Å². The maximum Gasteiger partial charge on any atom is 0.305 e. The first-order chi connectivity index (χ1) is 10.2. The fourth-order valence-electron chi connectivity index (χ4n) is 2.58. The molecule has 0 amide bonds. The van der Waals surface area contributed by atoms with Crippen molar-refractivity contribution in [3.8, 4) is 0 Å². The van der Waals surface area contributed by atoms with Crippen LogP contribution in [0, 0.1) is 0 Å². The average molecular weight is 329 g/mol. The first kappa shape index (κ1) is 19.7. The van der Waals surface area contributed by atoms with Crippen molar-refractivity contribution < 1.29 is 14.0 Å². The first-order valence-electron chi connectivity index (χ1n) is 9.06. The summed E-state index contributed by atoms with van der Waals surface area (Å²) in [5.74, 6) is -0.0267. The Kier molecular flexibility index (Phi) is 8.12. The molecule has 0 aromatic rings. The Morgan fingerprint density at radius 1 is 1.00 bits per heavy atom. The lowest BCUT2D eigenvalue weighted by Gasteiger charge is -2.39. The van der Waals surface area contributed by atoms with Gasteiger partial charge in [-0.2, -0.15) is 0 Å². The van der Waals surface area contributed by atoms with Gasteiger partial charge in [-0.25, -0.2) is 0 Å². The molecule has 0 radical (unpaired) electrons. The highest BCUT2D eigenvalue weighted by Crippen LogP contribution is 2.38. The fraction of sp³-hybridized carbons (Fsp3) is 0.944. The van der Waals surface area contributed by atoms with Gasteiger partial charge < -0.3 is 9.16 Å². The molecule has 0 aromatic carbocycles. The van der Waals surface area contributed by atoms with Gasteiger partial charge in [0.25, 0.3) is 0 Å². The van der Waals surface area contributed by atoms with E-state index in [1.807, 2.05) is 0 Å². The van der Waals surface area contributed by atoms with E-state index in [4.69, 9.17) is 9.16 Å². The van der Waals surface area contributed by atoms with E-state index in [-0.39, 0.29) is 11.0 Å². The van der Waals surface area contributed by atoms with Gasteiger partial charge in [0.05, 0.1) is 6.61 Å². The van der Waals surface area contributed by atoms with Gasteiger partial charge in [0, 0.05) is 12.5 Å². The number of hydrogen-bond donors (Lipinski definition) is 0. The van der Waals surface area contributed by atoms with Crippen LogP contribution >= 0.6 is 0 Å². The summed E-state index contributed by atoms with van der Waals surface area (Å²) in [5.41, 5.74) is 0. The van der Waals surface area contributed by atoms with Crippen molar-refractivity contribution >= 4 is 14.3 Å². The molecule has 1 atom stereocenters. The van der Waals surface area contributed by atoms with Crippen molar-refractivity contribution in [2.45, 2.75) is 103 Å². The van der Waals surface area contributed by atoms with Crippen molar-refractivity contribution in [3.05, 3.63) is 0 Å². The molecule has 0 aromatic heterocycles. The zero-order valence-electron chi connectivity index (χ0n) is 15.4. The molecular formula is C18H36O3Si. The highest BCUT2D eigenvalue weighted by Gasteiger charge is 2.38. The molecule has 0 N–H and O–H groups in total. The molecule has 4 heteroatoms. The van der Waals surface area contributed by atoms with Gasteiger partial charge in [0.1, 0.15) is 0 Å². The summed E-state index contributed by atoms with van der Waals surface area (Å²) in [4.78, 5) is 11.6. The van der Waals surface area contributed by atoms with Crippen LogP contribution in [0.4, 0.5) is 0 Å². The number of rotatable bonds is 2. The van der Waals surface area contributed by atoms with Gasteiger partial charge in [0.2, 0.25) is 0 Å². The second-order valence-electron chi connectivity index (χ2n) is 8.17. The van der Waals surface area contributed by atoms with Crippen molar-refractivity contribution in [1.82, 2.24) is 0 Å². The molecule has 1 aliphatic rings. The molecule has 1 rings (SSSR count). The molecular weight excluding hydrogens is 292 g/mol. The Morgan fingerprint density at radius 3 is 2.23 bits per heavy atom. The molecule has 0 aliphatic carbocycles. The van der Waals surface area contributed by atoms with Gasteiger partial charge in [-0.3, -0.25) is 4.79 Å². The highest BCUT2D eigenvalue weighted by molar-refractivity contribution is 6.74. The molecule has 3 nitrogen and oxygen atoms in total. The zero-order chi connectivity index (χ0) is 16.6. The van der Waals surface area contributed by atoms with Crippen molar-refractivity contribution in [2.24, 2.45) is 0 Å². The van der Waals surface area contributed by atoms with E-state index in [1.165, 1.54) is 19.3 Å². The van der Waals surface area contributed by atoms with Crippen molar-refractivity contribution in [1.29, 1.82) is 0 Å². The molecule has 130 valence electrons. The lowest BCUT2D eigenvalue weighted by Crippen LogP contribution is -2.44. The number of ether oxygens (including phenoxy) is 1. The molecule has 0 spiro atoms. The molecule has 0 bridgehead atoms. The van der Waals surface area contributed by atoms with Crippen LogP contribution in [0.25, 0.3) is 0 Å². The standard InChI is InChI=1S/C18H36O3Si/c1-18(2,3)22(4,5)21-16-12-8-6-7-11-15-20-17(19)14-10-9-13-16/h16H,6-15H2,1-5H3. The summed E-state index contributed by atoms with van der Waals surface area (Å²) in [7, 11) is -1.70. The third kappa shape index (κ3) is 7.27. The van der Waals surface area contributed by atoms with Gasteiger partial charge in [-0.15, -0.1) is 0 Å². The fourth-order valence-corrected chi connectivity index (χ4v) is 4.01. The predicted molar refractivity (Wildman–Crippen MR) is 94.6 cm³/mol. The van der Waals surface area contributed by atoms with E-state index in [1.54, 1.807) is 0 Å². The maximum absolute atomic E-state index is 11.6. The predicted octanol–water partition coefficient (Wildman–Crippen LogP) is 5.44. The van der Waals surface area contributed by atoms with E-state index in [2.05, 4.69) is 33.9 Å². The molecule has 1 heterocycles. The largest absolute Gasteiger partial charge is 0.466 e. The average Bonchev–Trinajstić information content (AvgIpc) is 2.41. The monoisotopic (exact) mass is 328 g/mol. The number of carbonyl (C=O) groups is 1. The molecule has 22 heavy (non-hydrogen) atoms. The number of carbonyl (C=O) groups excluding carboxylic acids is 1. The van der Waals surface area contributed by atoms with E-state index < -0.39 is 8.32 Å². The number of esters is 1. The Bertz CT molecular complexity index is 334. The van der Waals surface area contributed by atoms with E-state index in [9.17, 15) is 4.79 Å². The van der Waals surface area contributed by atoms with Crippen LogP contribution in [-0.2, 0) is 14.0 Å². The first-order valence-corrected chi connectivity index (χ1v) is 12.0. The molecule has 1 saturated heterocycles. The molecule has 1 unspecified atom stereocenters. The summed E-state index contributed by atoms with van der Waals surface area (Å²) >= 11 is 0. The quantitative estimate of drug-likeness (QED) is 0.500. The number of cyclic esters (lactones) is 1. The summed E-state index contributed by atoms with van der Waals surface area (Å²) in [5, 5.41) is 0.262. The SMILES string of the molecule is CC(C)(C)[Si](C)(C)OC1CCCCCCOC(=O)CCCC1. The minimum Gasteiger partial charge on any atom is -0.466 e. The summed E-state index contributed by atoms with van der Waals surface area (Å²) < 4.78 is 11.9. The third-order valence-corrected chi connectivity index (χ3v) is 9.64. The van der Waals surface area contributed by atoms with Crippen LogP contribution in [0.2, 0.25) is 18.1 Å². The van der Waals surface area contributed by atoms with Crippen LogP contribution < -0.4 is 0 Å². The Labute approximate surface area is 138 Å². The van der Waals surface area contributed by atoms with Gasteiger partial charge in [-0.1, -0.05) is 46.5 Å². The topological polar surface area (TPSA) is 35.5 Å². The van der Waals surface area contributed by atoms with E-state index in [0.29, 0.717) is 19.1 Å². The van der Waals surface area contributed by atoms with E-state index in [0.717, 1.165) is 32.1 Å². The van der Waals surface area contributed by atoms with Crippen LogP contribution in [0.5, 0.6) is 0 Å². The second kappa shape index (κ2) is 9.07. The van der Waals surface area contributed by atoms with Gasteiger partial charge >= 0.3 is 5.97 Å². The van der Waals surface area contributed by atoms with Crippen molar-refractivity contribution in [2.75, 3.05) is 6.61 Å². The molecule has 1 aliphatic heterocycles. The Balaban J connectivity index is 2.56. The number of hydrogen-bond acceptors (Lipinski definition) is 3. The maximum atomic E-state index is 11.6. The smallest absolute Gasteiger partial charge is 0.305 e. The summed E-state index contributed by atoms with van der Waals surface area (Å²) in [6.45, 7) is 12.2. The zero-order valence-corrected chi connectivity index (χ0v) is 16.4. The molecule has 0 saturated carbocycles. The van der Waals surface area contributed by atoms with Crippen molar-refractivity contribution in [3.63, 3.8) is 0 Å². The summed E-state index contributed by atoms with van der Waals surface area (Å²) in [6.07, 6.45) is 9.78. The van der Waals surface area contributed by atoms with Gasteiger partial charge in [0.15, 0.2) is 8.32 Å². The normalized spacial score (nSPS) is 23.9. The second-order valence-corrected chi connectivity index (χ2v) is 12.9. The third-order valence-electron chi connectivity index (χ3n) is 5.11. The minimum atomic E-state index is -1.70. The van der Waals surface area contributed by atoms with Crippen LogP contribution in [0.3, 0.4) is 0 Å². The molecule has 1 fully saturated rings. The summed E-state index contributed by atoms with van der Waals surface area (Å²) in [6, 6.07) is 0. The van der Waals surface area contributed by atoms with Crippen LogP contribution in [0.15, 0.2) is 0 Å². The van der Waals surface area contributed by atoms with Crippen LogP contribution in [0.1, 0.15) is 78.6 Å². The Morgan fingerprint density at radius 2 is 1.59 bits per heavy atom. The minimum absolute atomic E-state index is 0.0267. The highest BCUT2D eigenvalue weighted by atomic mass is 28.4. The lowest BCUT2D eigenvalue weighted by molar-refractivity contribution is -0.143. The lowest BCUT2D eigenvalue weighted by atomic mass is 10.0. The van der Waals surface area contributed by atoms with E-state index >= 15 is 0 Å². The Hall–Kier alpha value is -0.353. The van der Waals surface area contributed by atoms with Gasteiger partial charge in [-0.05, 0) is 43.8 Å².